The quantitative estimate of drug-likeness (QED) is 0.718. The van der Waals surface area contributed by atoms with Crippen LogP contribution in [-0.2, 0) is 0 Å². The van der Waals surface area contributed by atoms with E-state index in [0.717, 1.165) is 0 Å². The van der Waals surface area contributed by atoms with Crippen molar-refractivity contribution in [1.29, 1.82) is 0 Å². The third-order valence-corrected chi connectivity index (χ3v) is 2.48. The topological polar surface area (TPSA) is 32.9 Å². The number of hydrogen-bond acceptors (Lipinski definition) is 1. The van der Waals surface area contributed by atoms with Crippen LogP contribution in [0.5, 0.6) is 0 Å². The van der Waals surface area contributed by atoms with Gasteiger partial charge >= 0.3 is 0 Å². The van der Waals surface area contributed by atoms with Gasteiger partial charge in [0.25, 0.3) is 5.56 Å². The van der Waals surface area contributed by atoms with Crippen LogP contribution in [-0.4, -0.2) is 4.98 Å². The van der Waals surface area contributed by atoms with Crippen molar-refractivity contribution in [3.63, 3.8) is 0 Å². The van der Waals surface area contributed by atoms with Crippen molar-refractivity contribution < 1.29 is 0 Å². The SMILES string of the molecule is O=c1[nH]ccc2c(Cl)ccc(Cl)c12. The van der Waals surface area contributed by atoms with E-state index in [9.17, 15) is 4.79 Å². The second kappa shape index (κ2) is 3.05. The highest BCUT2D eigenvalue weighted by molar-refractivity contribution is 6.40. The average Bonchev–Trinajstić information content (AvgIpc) is 2.12. The van der Waals surface area contributed by atoms with Crippen LogP contribution >= 0.6 is 23.2 Å². The molecule has 0 aliphatic carbocycles. The molecule has 0 radical (unpaired) electrons. The van der Waals surface area contributed by atoms with Crippen LogP contribution in [0.4, 0.5) is 0 Å². The molecule has 0 amide bonds. The number of rotatable bonds is 0. The van der Waals surface area contributed by atoms with Crippen LogP contribution < -0.4 is 5.56 Å². The summed E-state index contributed by atoms with van der Waals surface area (Å²) in [4.78, 5) is 13.9. The summed E-state index contributed by atoms with van der Waals surface area (Å²) >= 11 is 11.7. The number of hydrogen-bond donors (Lipinski definition) is 1. The maximum Gasteiger partial charge on any atom is 0.257 e. The number of aromatic amines is 1. The lowest BCUT2D eigenvalue weighted by Crippen LogP contribution is -2.04. The Morgan fingerprint density at radius 3 is 2.46 bits per heavy atom. The molecule has 0 bridgehead atoms. The van der Waals surface area contributed by atoms with Gasteiger partial charge in [-0.2, -0.15) is 0 Å². The van der Waals surface area contributed by atoms with Crippen LogP contribution in [0.25, 0.3) is 10.8 Å². The Kier molecular flexibility index (Phi) is 2.02. The molecule has 0 aliphatic rings. The molecule has 0 unspecified atom stereocenters. The minimum Gasteiger partial charge on any atom is -0.329 e. The number of H-pyrrole nitrogens is 1. The van der Waals surface area contributed by atoms with Crippen LogP contribution in [0, 0.1) is 0 Å². The molecular formula is C9H5Cl2NO. The molecule has 2 nitrogen and oxygen atoms in total. The first-order valence-electron chi connectivity index (χ1n) is 3.65. The summed E-state index contributed by atoms with van der Waals surface area (Å²) in [7, 11) is 0. The molecule has 0 fully saturated rings. The minimum atomic E-state index is -0.218. The number of nitrogens with one attached hydrogen (secondary N) is 1. The summed E-state index contributed by atoms with van der Waals surface area (Å²) in [6.07, 6.45) is 1.55. The number of fused-ring (bicyclic) bond motifs is 1. The predicted octanol–water partition coefficient (Wildman–Crippen LogP) is 2.83. The Balaban J connectivity index is 3.09. The fourth-order valence-corrected chi connectivity index (χ4v) is 1.71. The van der Waals surface area contributed by atoms with Crippen LogP contribution in [0.1, 0.15) is 0 Å². The van der Waals surface area contributed by atoms with Gasteiger partial charge < -0.3 is 4.98 Å². The van der Waals surface area contributed by atoms with Gasteiger partial charge in [-0.1, -0.05) is 23.2 Å². The first kappa shape index (κ1) is 8.60. The van der Waals surface area contributed by atoms with Crippen molar-refractivity contribution in [3.05, 3.63) is 44.8 Å². The highest BCUT2D eigenvalue weighted by Crippen LogP contribution is 2.26. The molecule has 1 heterocycles. The van der Waals surface area contributed by atoms with E-state index in [-0.39, 0.29) is 5.56 Å². The van der Waals surface area contributed by atoms with E-state index in [4.69, 9.17) is 23.2 Å². The molecule has 0 saturated heterocycles. The summed E-state index contributed by atoms with van der Waals surface area (Å²) in [5.41, 5.74) is -0.218. The van der Waals surface area contributed by atoms with Crippen molar-refractivity contribution in [1.82, 2.24) is 4.98 Å². The zero-order valence-corrected chi connectivity index (χ0v) is 7.99. The molecule has 4 heteroatoms. The Hall–Kier alpha value is -0.990. The number of benzene rings is 1. The molecule has 66 valence electrons. The summed E-state index contributed by atoms with van der Waals surface area (Å²) in [6.45, 7) is 0. The average molecular weight is 214 g/mol. The maximum atomic E-state index is 11.4. The lowest BCUT2D eigenvalue weighted by Gasteiger charge is -2.00. The van der Waals surface area contributed by atoms with Gasteiger partial charge in [0.1, 0.15) is 0 Å². The van der Waals surface area contributed by atoms with Crippen LogP contribution in [0.3, 0.4) is 0 Å². The van der Waals surface area contributed by atoms with Crippen molar-refractivity contribution in [2.24, 2.45) is 0 Å². The van der Waals surface area contributed by atoms with E-state index < -0.39 is 0 Å². The molecule has 2 aromatic rings. The number of pyridine rings is 1. The number of halogens is 2. The van der Waals surface area contributed by atoms with Crippen molar-refractivity contribution in [3.8, 4) is 0 Å². The third-order valence-electron chi connectivity index (χ3n) is 1.83. The Labute approximate surface area is 84.1 Å². The zero-order valence-electron chi connectivity index (χ0n) is 6.47. The molecule has 2 rings (SSSR count). The van der Waals surface area contributed by atoms with Gasteiger partial charge in [0.05, 0.1) is 10.4 Å². The van der Waals surface area contributed by atoms with Crippen molar-refractivity contribution >= 4 is 34.0 Å². The van der Waals surface area contributed by atoms with Gasteiger partial charge in [-0.15, -0.1) is 0 Å². The lowest BCUT2D eigenvalue weighted by atomic mass is 10.2. The Morgan fingerprint density at radius 2 is 1.77 bits per heavy atom. The molecule has 0 spiro atoms. The smallest absolute Gasteiger partial charge is 0.257 e. The van der Waals surface area contributed by atoms with E-state index in [2.05, 4.69) is 4.98 Å². The Morgan fingerprint density at radius 1 is 1.08 bits per heavy atom. The van der Waals surface area contributed by atoms with Gasteiger partial charge in [0.15, 0.2) is 0 Å². The first-order valence-corrected chi connectivity index (χ1v) is 4.41. The van der Waals surface area contributed by atoms with E-state index in [0.29, 0.717) is 20.8 Å². The van der Waals surface area contributed by atoms with Crippen LogP contribution in [0.2, 0.25) is 10.0 Å². The molecule has 1 N–H and O–H groups in total. The zero-order chi connectivity index (χ0) is 9.42. The van der Waals surface area contributed by atoms with E-state index in [1.807, 2.05) is 0 Å². The molecular weight excluding hydrogens is 209 g/mol. The largest absolute Gasteiger partial charge is 0.329 e. The van der Waals surface area contributed by atoms with Crippen molar-refractivity contribution in [2.75, 3.05) is 0 Å². The van der Waals surface area contributed by atoms with E-state index >= 15 is 0 Å². The molecule has 0 aliphatic heterocycles. The van der Waals surface area contributed by atoms with Gasteiger partial charge in [-0.25, -0.2) is 0 Å². The number of aromatic nitrogens is 1. The van der Waals surface area contributed by atoms with Gasteiger partial charge in [-0.05, 0) is 18.2 Å². The summed E-state index contributed by atoms with van der Waals surface area (Å²) < 4.78 is 0. The van der Waals surface area contributed by atoms with E-state index in [1.54, 1.807) is 24.4 Å². The highest BCUT2D eigenvalue weighted by atomic mass is 35.5. The van der Waals surface area contributed by atoms with Crippen molar-refractivity contribution in [2.45, 2.75) is 0 Å². The summed E-state index contributed by atoms with van der Waals surface area (Å²) in [5.74, 6) is 0. The maximum absolute atomic E-state index is 11.4. The summed E-state index contributed by atoms with van der Waals surface area (Å²) in [6, 6.07) is 5.01. The molecule has 1 aromatic heterocycles. The lowest BCUT2D eigenvalue weighted by molar-refractivity contribution is 1.28. The second-order valence-electron chi connectivity index (χ2n) is 2.62. The fourth-order valence-electron chi connectivity index (χ4n) is 1.23. The molecule has 0 saturated carbocycles. The second-order valence-corrected chi connectivity index (χ2v) is 3.44. The summed E-state index contributed by atoms with van der Waals surface area (Å²) in [5, 5.41) is 2.07. The standard InChI is InChI=1S/C9H5Cl2NO/c10-6-1-2-7(11)8-5(6)3-4-12-9(8)13/h1-4H,(H,12,13). The molecule has 13 heavy (non-hydrogen) atoms. The minimum absolute atomic E-state index is 0.218. The molecule has 1 aromatic carbocycles. The van der Waals surface area contributed by atoms with Gasteiger partial charge in [-0.3, -0.25) is 4.79 Å². The van der Waals surface area contributed by atoms with E-state index in [1.165, 1.54) is 0 Å². The highest BCUT2D eigenvalue weighted by Gasteiger charge is 2.05. The van der Waals surface area contributed by atoms with Crippen LogP contribution in [0.15, 0.2) is 29.2 Å². The molecule has 0 atom stereocenters. The first-order chi connectivity index (χ1) is 6.20. The normalized spacial score (nSPS) is 10.6. The van der Waals surface area contributed by atoms with Gasteiger partial charge in [0, 0.05) is 16.6 Å². The Bertz CT molecular complexity index is 518. The third kappa shape index (κ3) is 1.32. The predicted molar refractivity (Wildman–Crippen MR) is 54.6 cm³/mol. The van der Waals surface area contributed by atoms with Gasteiger partial charge in [0.2, 0.25) is 0 Å². The monoisotopic (exact) mass is 213 g/mol. The fraction of sp³-hybridized carbons (Fsp3) is 0.